The fourth-order valence-electron chi connectivity index (χ4n) is 2.39. The molecule has 1 fully saturated rings. The highest BCUT2D eigenvalue weighted by Gasteiger charge is 2.16. The van der Waals surface area contributed by atoms with Gasteiger partial charge in [-0.1, -0.05) is 19.3 Å². The maximum Gasteiger partial charge on any atom is 0.177 e. The van der Waals surface area contributed by atoms with E-state index < -0.39 is 0 Å². The smallest absolute Gasteiger partial charge is 0.177 e. The molecule has 0 radical (unpaired) electrons. The molecular formula is C12H18N2O. The molecule has 1 aromatic heterocycles. The number of aromatic nitrogens is 2. The first-order valence-electron chi connectivity index (χ1n) is 5.80. The largest absolute Gasteiger partial charge is 0.293 e. The molecule has 3 heteroatoms. The van der Waals surface area contributed by atoms with Crippen LogP contribution < -0.4 is 0 Å². The zero-order chi connectivity index (χ0) is 10.7. The first-order valence-corrected chi connectivity index (χ1v) is 5.80. The van der Waals surface area contributed by atoms with Crippen LogP contribution in [-0.4, -0.2) is 15.6 Å². The van der Waals surface area contributed by atoms with Crippen molar-refractivity contribution >= 4 is 5.78 Å². The van der Waals surface area contributed by atoms with Gasteiger partial charge >= 0.3 is 0 Å². The average Bonchev–Trinajstić information content (AvgIpc) is 2.67. The Kier molecular flexibility index (Phi) is 3.19. The van der Waals surface area contributed by atoms with Gasteiger partial charge in [0.15, 0.2) is 5.78 Å². The lowest BCUT2D eigenvalue weighted by atomic mass is 9.89. The molecule has 0 N–H and O–H groups in total. The molecule has 1 aromatic rings. The van der Waals surface area contributed by atoms with Crippen molar-refractivity contribution in [1.29, 1.82) is 0 Å². The fourth-order valence-corrected chi connectivity index (χ4v) is 2.39. The van der Waals surface area contributed by atoms with Crippen molar-refractivity contribution < 1.29 is 4.79 Å². The molecule has 0 unspecified atom stereocenters. The van der Waals surface area contributed by atoms with Gasteiger partial charge in [0.1, 0.15) is 5.69 Å². The van der Waals surface area contributed by atoms with E-state index in [2.05, 4.69) is 5.10 Å². The predicted molar refractivity (Wildman–Crippen MR) is 58.8 cm³/mol. The number of rotatable bonds is 3. The molecule has 0 spiro atoms. The van der Waals surface area contributed by atoms with Crippen LogP contribution in [0.25, 0.3) is 0 Å². The van der Waals surface area contributed by atoms with Gasteiger partial charge in [-0.25, -0.2) is 0 Å². The van der Waals surface area contributed by atoms with E-state index in [-0.39, 0.29) is 5.78 Å². The minimum Gasteiger partial charge on any atom is -0.293 e. The lowest BCUT2D eigenvalue weighted by Crippen LogP contribution is -2.17. The van der Waals surface area contributed by atoms with Crippen LogP contribution in [-0.2, 0) is 6.54 Å². The van der Waals surface area contributed by atoms with Gasteiger partial charge in [0, 0.05) is 19.7 Å². The van der Waals surface area contributed by atoms with Gasteiger partial charge in [0.2, 0.25) is 0 Å². The van der Waals surface area contributed by atoms with Gasteiger partial charge in [-0.15, -0.1) is 0 Å². The number of hydrogen-bond donors (Lipinski definition) is 0. The summed E-state index contributed by atoms with van der Waals surface area (Å²) in [5.74, 6) is 0.833. The zero-order valence-electron chi connectivity index (χ0n) is 9.28. The molecule has 0 saturated heterocycles. The van der Waals surface area contributed by atoms with E-state index in [1.165, 1.54) is 32.1 Å². The van der Waals surface area contributed by atoms with Crippen LogP contribution in [0.4, 0.5) is 0 Å². The predicted octanol–water partition coefficient (Wildman–Crippen LogP) is 2.67. The van der Waals surface area contributed by atoms with Gasteiger partial charge in [-0.05, 0) is 24.8 Å². The molecule has 1 aliphatic carbocycles. The van der Waals surface area contributed by atoms with E-state index in [0.717, 1.165) is 18.2 Å². The number of Topliss-reactive ketones (excluding diaryl/α,β-unsaturated/α-hetero) is 1. The van der Waals surface area contributed by atoms with E-state index in [0.29, 0.717) is 0 Å². The molecule has 0 aromatic carbocycles. The minimum absolute atomic E-state index is 0.114. The highest BCUT2D eigenvalue weighted by Crippen LogP contribution is 2.25. The Morgan fingerprint density at radius 3 is 2.87 bits per heavy atom. The third-order valence-electron chi connectivity index (χ3n) is 3.23. The molecular weight excluding hydrogens is 188 g/mol. The third-order valence-corrected chi connectivity index (χ3v) is 3.23. The summed E-state index contributed by atoms with van der Waals surface area (Å²) in [6, 6.07) is 1.81. The molecule has 1 heterocycles. The summed E-state index contributed by atoms with van der Waals surface area (Å²) in [4.78, 5) is 11.3. The number of nitrogens with zero attached hydrogens (tertiary/aromatic N) is 2. The molecule has 0 atom stereocenters. The number of hydrogen-bond acceptors (Lipinski definition) is 2. The molecule has 1 saturated carbocycles. The molecule has 2 rings (SSSR count). The second kappa shape index (κ2) is 4.60. The molecule has 0 amide bonds. The van der Waals surface area contributed by atoms with Crippen LogP contribution in [0, 0.1) is 5.92 Å². The Hall–Kier alpha value is -1.12. The highest BCUT2D eigenvalue weighted by atomic mass is 16.1. The second-order valence-electron chi connectivity index (χ2n) is 4.46. The van der Waals surface area contributed by atoms with Crippen molar-refractivity contribution in [2.24, 2.45) is 5.92 Å². The van der Waals surface area contributed by atoms with E-state index in [1.807, 2.05) is 10.7 Å². The summed E-state index contributed by atoms with van der Waals surface area (Å²) in [6.07, 6.45) is 8.34. The zero-order valence-corrected chi connectivity index (χ0v) is 9.28. The topological polar surface area (TPSA) is 34.9 Å². The van der Waals surface area contributed by atoms with E-state index in [9.17, 15) is 4.79 Å². The quantitative estimate of drug-likeness (QED) is 0.713. The first kappa shape index (κ1) is 10.4. The summed E-state index contributed by atoms with van der Waals surface area (Å²) in [7, 11) is 0. The van der Waals surface area contributed by atoms with Crippen molar-refractivity contribution in [3.8, 4) is 0 Å². The van der Waals surface area contributed by atoms with Gasteiger partial charge < -0.3 is 0 Å². The van der Waals surface area contributed by atoms with Crippen molar-refractivity contribution in [1.82, 2.24) is 9.78 Å². The summed E-state index contributed by atoms with van der Waals surface area (Å²) < 4.78 is 1.87. The van der Waals surface area contributed by atoms with Gasteiger partial charge in [0.05, 0.1) is 0 Å². The van der Waals surface area contributed by atoms with E-state index >= 15 is 0 Å². The molecule has 15 heavy (non-hydrogen) atoms. The Balaban J connectivity index is 2.03. The van der Waals surface area contributed by atoms with Crippen molar-refractivity contribution in [2.75, 3.05) is 0 Å². The monoisotopic (exact) mass is 206 g/mol. The minimum atomic E-state index is 0.114. The van der Waals surface area contributed by atoms with E-state index in [4.69, 9.17) is 0 Å². The normalized spacial score (nSPS) is 17.9. The van der Waals surface area contributed by atoms with Gasteiger partial charge in [-0.3, -0.25) is 9.48 Å². The fraction of sp³-hybridized carbons (Fsp3) is 0.667. The third kappa shape index (κ3) is 2.46. The van der Waals surface area contributed by atoms with Crippen LogP contribution in [0.3, 0.4) is 0 Å². The molecule has 1 aliphatic rings. The SMILES string of the molecule is CC(=O)c1ccnn1CC1CCCCC1. The average molecular weight is 206 g/mol. The lowest BCUT2D eigenvalue weighted by Gasteiger charge is -2.21. The van der Waals surface area contributed by atoms with Gasteiger partial charge in [-0.2, -0.15) is 5.10 Å². The highest BCUT2D eigenvalue weighted by molar-refractivity contribution is 5.92. The maximum atomic E-state index is 11.3. The number of carbonyl (C=O) groups is 1. The van der Waals surface area contributed by atoms with Gasteiger partial charge in [0.25, 0.3) is 0 Å². The Morgan fingerprint density at radius 1 is 1.47 bits per heavy atom. The van der Waals surface area contributed by atoms with Crippen molar-refractivity contribution in [3.63, 3.8) is 0 Å². The maximum absolute atomic E-state index is 11.3. The Bertz CT molecular complexity index is 337. The second-order valence-corrected chi connectivity index (χ2v) is 4.46. The first-order chi connectivity index (χ1) is 7.27. The number of carbonyl (C=O) groups excluding carboxylic acids is 1. The summed E-state index contributed by atoms with van der Waals surface area (Å²) >= 11 is 0. The van der Waals surface area contributed by atoms with Crippen LogP contribution in [0.2, 0.25) is 0 Å². The summed E-state index contributed by atoms with van der Waals surface area (Å²) in [6.45, 7) is 2.52. The Labute approximate surface area is 90.5 Å². The van der Waals surface area contributed by atoms with Crippen molar-refractivity contribution in [3.05, 3.63) is 18.0 Å². The molecule has 3 nitrogen and oxygen atoms in total. The van der Waals surface area contributed by atoms with Crippen LogP contribution >= 0.6 is 0 Å². The number of ketones is 1. The molecule has 0 aliphatic heterocycles. The summed E-state index contributed by atoms with van der Waals surface area (Å²) in [5.41, 5.74) is 0.751. The Morgan fingerprint density at radius 2 is 2.20 bits per heavy atom. The lowest BCUT2D eigenvalue weighted by molar-refractivity contribution is 0.100. The summed E-state index contributed by atoms with van der Waals surface area (Å²) in [5, 5.41) is 4.23. The van der Waals surface area contributed by atoms with Crippen LogP contribution in [0.15, 0.2) is 12.3 Å². The van der Waals surface area contributed by atoms with Crippen LogP contribution in [0.1, 0.15) is 49.5 Å². The standard InChI is InChI=1S/C12H18N2O/c1-10(15)12-7-8-13-14(12)9-11-5-3-2-4-6-11/h7-8,11H,2-6,9H2,1H3. The molecule has 82 valence electrons. The van der Waals surface area contributed by atoms with E-state index in [1.54, 1.807) is 13.1 Å². The molecule has 0 bridgehead atoms. The van der Waals surface area contributed by atoms with Crippen molar-refractivity contribution in [2.45, 2.75) is 45.6 Å². The van der Waals surface area contributed by atoms with Crippen LogP contribution in [0.5, 0.6) is 0 Å².